The zero-order valence-electron chi connectivity index (χ0n) is 7.18. The van der Waals surface area contributed by atoms with Crippen LogP contribution in [0.1, 0.15) is 15.9 Å². The largest absolute Gasteiger partial charge is 0.868 e. The highest BCUT2D eigenvalue weighted by atomic mass is 16.6. The maximum absolute atomic E-state index is 11.0. The Morgan fingerprint density at radius 3 is 2.50 bits per heavy atom. The Balaban J connectivity index is 3.49. The summed E-state index contributed by atoms with van der Waals surface area (Å²) in [5, 5.41) is 30.1. The van der Waals surface area contributed by atoms with E-state index in [1.807, 2.05) is 0 Å². The van der Waals surface area contributed by atoms with Gasteiger partial charge in [0.1, 0.15) is 0 Å². The fourth-order valence-corrected chi connectivity index (χ4v) is 1.13. The monoisotopic (exact) mass is 196 g/mol. The van der Waals surface area contributed by atoms with Gasteiger partial charge in [0, 0.05) is 5.56 Å². The van der Waals surface area contributed by atoms with Crippen molar-refractivity contribution in [3.05, 3.63) is 33.4 Å². The number of benzene rings is 1. The highest BCUT2D eigenvalue weighted by Gasteiger charge is 2.18. The second kappa shape index (κ2) is 3.33. The van der Waals surface area contributed by atoms with E-state index in [-0.39, 0.29) is 11.1 Å². The van der Waals surface area contributed by atoms with Crippen LogP contribution in [0.2, 0.25) is 0 Å². The van der Waals surface area contributed by atoms with E-state index in [1.165, 1.54) is 6.92 Å². The van der Waals surface area contributed by atoms with Crippen LogP contribution in [0, 0.1) is 17.0 Å². The molecule has 0 aromatic heterocycles. The van der Waals surface area contributed by atoms with E-state index in [0.29, 0.717) is 0 Å². The van der Waals surface area contributed by atoms with Gasteiger partial charge in [0.2, 0.25) is 0 Å². The highest BCUT2D eigenvalue weighted by Crippen LogP contribution is 2.29. The number of hydrogen-bond donors (Lipinski definition) is 1. The Morgan fingerprint density at radius 2 is 2.07 bits per heavy atom. The van der Waals surface area contributed by atoms with Crippen molar-refractivity contribution in [1.29, 1.82) is 0 Å². The Bertz CT molecular complexity index is 412. The number of carboxylic acids is 1. The number of nitro groups is 1. The average Bonchev–Trinajstić information content (AvgIpc) is 2.02. The molecular weight excluding hydrogens is 190 g/mol. The standard InChI is InChI=1S/C8H7NO5/c1-4-5(8(11)12)2-3-6(10)7(4)9(13)14/h2-3,10H,1H3,(H,11,12)/p-1. The summed E-state index contributed by atoms with van der Waals surface area (Å²) >= 11 is 0. The summed E-state index contributed by atoms with van der Waals surface area (Å²) in [6.07, 6.45) is 0. The Morgan fingerprint density at radius 1 is 1.50 bits per heavy atom. The number of hydrogen-bond acceptors (Lipinski definition) is 4. The minimum atomic E-state index is -1.29. The van der Waals surface area contributed by atoms with E-state index in [4.69, 9.17) is 5.11 Å². The summed E-state index contributed by atoms with van der Waals surface area (Å²) < 4.78 is 0. The summed E-state index contributed by atoms with van der Waals surface area (Å²) in [5.41, 5.74) is -1.02. The summed E-state index contributed by atoms with van der Waals surface area (Å²) in [6.45, 7) is 1.24. The maximum atomic E-state index is 11.0. The van der Waals surface area contributed by atoms with Gasteiger partial charge in [0.25, 0.3) is 5.69 Å². The Hall–Kier alpha value is -2.11. The SMILES string of the molecule is Cc1c(C(=O)O)ccc([O-])c1[N+](=O)[O-]. The summed E-state index contributed by atoms with van der Waals surface area (Å²) in [5.74, 6) is -2.07. The van der Waals surface area contributed by atoms with E-state index >= 15 is 0 Å². The van der Waals surface area contributed by atoms with Crippen molar-refractivity contribution in [1.82, 2.24) is 0 Å². The van der Waals surface area contributed by atoms with Crippen molar-refractivity contribution < 1.29 is 19.9 Å². The van der Waals surface area contributed by atoms with Gasteiger partial charge in [-0.05, 0) is 18.7 Å². The summed E-state index contributed by atoms with van der Waals surface area (Å²) in [4.78, 5) is 20.1. The van der Waals surface area contributed by atoms with Crippen LogP contribution in [0.25, 0.3) is 0 Å². The molecule has 1 aromatic rings. The molecule has 0 saturated heterocycles. The predicted molar refractivity (Wildman–Crippen MR) is 44.2 cm³/mol. The lowest BCUT2D eigenvalue weighted by atomic mass is 10.1. The van der Waals surface area contributed by atoms with Crippen LogP contribution in [0.15, 0.2) is 12.1 Å². The minimum Gasteiger partial charge on any atom is -0.868 e. The molecule has 0 unspecified atom stereocenters. The van der Waals surface area contributed by atoms with Gasteiger partial charge in [-0.1, -0.05) is 6.07 Å². The third-order valence-corrected chi connectivity index (χ3v) is 1.81. The van der Waals surface area contributed by atoms with Crippen LogP contribution < -0.4 is 5.11 Å². The molecule has 1 aromatic carbocycles. The quantitative estimate of drug-likeness (QED) is 0.553. The molecular formula is C8H6NO5-. The first-order valence-electron chi connectivity index (χ1n) is 3.63. The Kier molecular flexibility index (Phi) is 2.37. The summed E-state index contributed by atoms with van der Waals surface area (Å²) in [7, 11) is 0. The molecule has 1 N–H and O–H groups in total. The predicted octanol–water partition coefficient (Wildman–Crippen LogP) is 0.675. The van der Waals surface area contributed by atoms with Crippen LogP contribution in [0.5, 0.6) is 5.75 Å². The van der Waals surface area contributed by atoms with Gasteiger partial charge in [-0.15, -0.1) is 0 Å². The molecule has 6 heteroatoms. The zero-order chi connectivity index (χ0) is 10.9. The van der Waals surface area contributed by atoms with Crippen molar-refractivity contribution >= 4 is 11.7 Å². The van der Waals surface area contributed by atoms with Gasteiger partial charge in [0.15, 0.2) is 0 Å². The first-order valence-corrected chi connectivity index (χ1v) is 3.63. The topological polar surface area (TPSA) is 104 Å². The van der Waals surface area contributed by atoms with Crippen molar-refractivity contribution in [2.45, 2.75) is 6.92 Å². The van der Waals surface area contributed by atoms with Crippen LogP contribution in [0.3, 0.4) is 0 Å². The highest BCUT2D eigenvalue weighted by molar-refractivity contribution is 5.91. The molecule has 0 atom stereocenters. The van der Waals surface area contributed by atoms with Gasteiger partial charge >= 0.3 is 5.97 Å². The van der Waals surface area contributed by atoms with Gasteiger partial charge in [-0.3, -0.25) is 10.1 Å². The molecule has 74 valence electrons. The van der Waals surface area contributed by atoms with Crippen LogP contribution in [-0.4, -0.2) is 16.0 Å². The molecule has 14 heavy (non-hydrogen) atoms. The number of nitro benzene ring substituents is 1. The fourth-order valence-electron chi connectivity index (χ4n) is 1.13. The van der Waals surface area contributed by atoms with Crippen molar-refractivity contribution in [2.75, 3.05) is 0 Å². The molecule has 0 heterocycles. The first kappa shape index (κ1) is 9.97. The molecule has 0 fully saturated rings. The van der Waals surface area contributed by atoms with Crippen LogP contribution in [0.4, 0.5) is 5.69 Å². The lowest BCUT2D eigenvalue weighted by Gasteiger charge is -2.09. The number of nitrogens with zero attached hydrogens (tertiary/aromatic N) is 1. The van der Waals surface area contributed by atoms with Crippen LogP contribution in [-0.2, 0) is 0 Å². The molecule has 0 saturated carbocycles. The van der Waals surface area contributed by atoms with E-state index < -0.39 is 22.3 Å². The fraction of sp³-hybridized carbons (Fsp3) is 0.125. The third kappa shape index (κ3) is 1.49. The molecule has 0 radical (unpaired) electrons. The molecule has 0 aliphatic carbocycles. The van der Waals surface area contributed by atoms with Gasteiger partial charge < -0.3 is 10.2 Å². The van der Waals surface area contributed by atoms with Crippen molar-refractivity contribution in [2.24, 2.45) is 0 Å². The van der Waals surface area contributed by atoms with Gasteiger partial charge in [-0.25, -0.2) is 4.79 Å². The maximum Gasteiger partial charge on any atom is 0.336 e. The van der Waals surface area contributed by atoms with E-state index in [9.17, 15) is 20.0 Å². The normalized spacial score (nSPS) is 9.79. The van der Waals surface area contributed by atoms with E-state index in [2.05, 4.69) is 0 Å². The smallest absolute Gasteiger partial charge is 0.336 e. The van der Waals surface area contributed by atoms with E-state index in [1.54, 1.807) is 0 Å². The molecule has 1 rings (SSSR count). The molecule has 0 bridgehead atoms. The summed E-state index contributed by atoms with van der Waals surface area (Å²) in [6, 6.07) is 1.95. The molecule has 0 amide bonds. The number of carboxylic acid groups (broad SMARTS) is 1. The molecule has 0 aliphatic rings. The van der Waals surface area contributed by atoms with Gasteiger partial charge in [-0.2, -0.15) is 0 Å². The first-order chi connectivity index (χ1) is 6.45. The number of aromatic carboxylic acids is 1. The molecule has 0 aliphatic heterocycles. The second-order valence-corrected chi connectivity index (χ2v) is 2.65. The van der Waals surface area contributed by atoms with Crippen molar-refractivity contribution in [3.8, 4) is 5.75 Å². The molecule has 0 spiro atoms. The van der Waals surface area contributed by atoms with Crippen molar-refractivity contribution in [3.63, 3.8) is 0 Å². The Labute approximate surface area is 78.6 Å². The second-order valence-electron chi connectivity index (χ2n) is 2.65. The zero-order valence-corrected chi connectivity index (χ0v) is 7.18. The number of carbonyl (C=O) groups is 1. The van der Waals surface area contributed by atoms with E-state index in [0.717, 1.165) is 12.1 Å². The average molecular weight is 196 g/mol. The minimum absolute atomic E-state index is 0.116. The third-order valence-electron chi connectivity index (χ3n) is 1.81. The molecule has 6 nitrogen and oxygen atoms in total. The van der Waals surface area contributed by atoms with Gasteiger partial charge in [0.05, 0.1) is 10.5 Å². The van der Waals surface area contributed by atoms with Crippen LogP contribution >= 0.6 is 0 Å². The lowest BCUT2D eigenvalue weighted by Crippen LogP contribution is -2.06. The number of rotatable bonds is 2. The lowest BCUT2D eigenvalue weighted by molar-refractivity contribution is -0.398.